The Morgan fingerprint density at radius 1 is 1.20 bits per heavy atom. The Kier molecular flexibility index (Phi) is 6.16. The lowest BCUT2D eigenvalue weighted by molar-refractivity contribution is -0.110. The summed E-state index contributed by atoms with van der Waals surface area (Å²) in [4.78, 5) is 23.4. The van der Waals surface area contributed by atoms with E-state index in [2.05, 4.69) is 15.5 Å². The standard InChI is InChI=1S/C20H23N3O5S2/c24-12-15-11-21-20(29-15)22-19(25)18(23-28-14-3-1-2-4-14)13-5-7-16(8-6-13)30(26,27)17-9-10-17/h5-8,11,14,17,24H,1-4,9-10,12H2,(H,21,22,25)/b23-18+. The minimum Gasteiger partial charge on any atom is -0.392 e. The Bertz CT molecular complexity index is 1040. The Morgan fingerprint density at radius 2 is 1.90 bits per heavy atom. The number of rotatable bonds is 8. The lowest BCUT2D eigenvalue weighted by Crippen LogP contribution is -2.25. The van der Waals surface area contributed by atoms with Crippen molar-refractivity contribution in [2.75, 3.05) is 5.32 Å². The fourth-order valence-corrected chi connectivity index (χ4v) is 5.64. The summed E-state index contributed by atoms with van der Waals surface area (Å²) >= 11 is 1.16. The number of anilines is 1. The van der Waals surface area contributed by atoms with E-state index in [4.69, 9.17) is 4.84 Å². The van der Waals surface area contributed by atoms with Gasteiger partial charge in [-0.3, -0.25) is 10.1 Å². The maximum Gasteiger partial charge on any atom is 0.280 e. The van der Waals surface area contributed by atoms with Gasteiger partial charge in [0.2, 0.25) is 0 Å². The normalized spacial score (nSPS) is 17.8. The first-order valence-electron chi connectivity index (χ1n) is 9.92. The molecule has 0 saturated heterocycles. The van der Waals surface area contributed by atoms with Gasteiger partial charge >= 0.3 is 0 Å². The van der Waals surface area contributed by atoms with E-state index in [9.17, 15) is 18.3 Å². The molecule has 1 heterocycles. The van der Waals surface area contributed by atoms with Gasteiger partial charge in [0.05, 0.1) is 21.6 Å². The number of carbonyl (C=O) groups excluding carboxylic acids is 1. The van der Waals surface area contributed by atoms with Gasteiger partial charge in [0.15, 0.2) is 20.7 Å². The summed E-state index contributed by atoms with van der Waals surface area (Å²) in [7, 11) is -3.31. The molecule has 4 rings (SSSR count). The monoisotopic (exact) mass is 449 g/mol. The third-order valence-corrected chi connectivity index (χ3v) is 8.34. The van der Waals surface area contributed by atoms with E-state index in [0.29, 0.717) is 28.4 Å². The molecule has 2 aliphatic carbocycles. The Hall–Kier alpha value is -2.30. The van der Waals surface area contributed by atoms with Crippen molar-refractivity contribution in [2.24, 2.45) is 5.16 Å². The quantitative estimate of drug-likeness (QED) is 0.473. The van der Waals surface area contributed by atoms with Crippen LogP contribution in [0.1, 0.15) is 49.0 Å². The van der Waals surface area contributed by atoms with Crippen LogP contribution in [0.15, 0.2) is 40.5 Å². The summed E-state index contributed by atoms with van der Waals surface area (Å²) in [6, 6.07) is 6.17. The molecular formula is C20H23N3O5S2. The zero-order valence-electron chi connectivity index (χ0n) is 16.3. The average molecular weight is 450 g/mol. The van der Waals surface area contributed by atoms with E-state index in [-0.39, 0.29) is 28.6 Å². The van der Waals surface area contributed by atoms with Crippen molar-refractivity contribution < 1.29 is 23.2 Å². The van der Waals surface area contributed by atoms with Gasteiger partial charge in [-0.15, -0.1) is 0 Å². The fraction of sp³-hybridized carbons (Fsp3) is 0.450. The van der Waals surface area contributed by atoms with Crippen LogP contribution < -0.4 is 5.32 Å². The smallest absolute Gasteiger partial charge is 0.280 e. The van der Waals surface area contributed by atoms with Crippen LogP contribution in [0.5, 0.6) is 0 Å². The molecule has 2 aliphatic rings. The van der Waals surface area contributed by atoms with E-state index in [1.807, 2.05) is 0 Å². The lowest BCUT2D eigenvalue weighted by atomic mass is 10.1. The van der Waals surface area contributed by atoms with Crippen molar-refractivity contribution in [3.8, 4) is 0 Å². The first-order chi connectivity index (χ1) is 14.5. The zero-order chi connectivity index (χ0) is 21.1. The number of aliphatic hydroxyl groups excluding tert-OH is 1. The van der Waals surface area contributed by atoms with Gasteiger partial charge < -0.3 is 9.94 Å². The molecule has 1 aromatic carbocycles. The SMILES string of the molecule is O=C(Nc1ncc(CO)s1)/C(=N/OC1CCCC1)c1ccc(S(=O)(=O)C2CC2)cc1. The van der Waals surface area contributed by atoms with Crippen molar-refractivity contribution in [1.82, 2.24) is 4.98 Å². The van der Waals surface area contributed by atoms with Crippen LogP contribution in [0.3, 0.4) is 0 Å². The van der Waals surface area contributed by atoms with Crippen LogP contribution in [-0.2, 0) is 26.1 Å². The molecule has 2 aromatic rings. The number of nitrogens with one attached hydrogen (secondary N) is 1. The van der Waals surface area contributed by atoms with Gasteiger partial charge in [0.25, 0.3) is 5.91 Å². The van der Waals surface area contributed by atoms with Crippen LogP contribution in [-0.4, -0.2) is 41.5 Å². The number of nitrogens with zero attached hydrogens (tertiary/aromatic N) is 2. The minimum atomic E-state index is -3.31. The number of thiazole rings is 1. The van der Waals surface area contributed by atoms with Crippen molar-refractivity contribution in [3.63, 3.8) is 0 Å². The minimum absolute atomic E-state index is 0.0248. The van der Waals surface area contributed by atoms with Gasteiger partial charge in [-0.2, -0.15) is 0 Å². The molecule has 0 aliphatic heterocycles. The number of carbonyl (C=O) groups is 1. The topological polar surface area (TPSA) is 118 Å². The second kappa shape index (κ2) is 8.83. The van der Waals surface area contributed by atoms with Crippen LogP contribution in [0.25, 0.3) is 0 Å². The molecule has 1 aromatic heterocycles. The highest BCUT2D eigenvalue weighted by atomic mass is 32.2. The van der Waals surface area contributed by atoms with Crippen molar-refractivity contribution in [1.29, 1.82) is 0 Å². The lowest BCUT2D eigenvalue weighted by Gasteiger charge is -2.11. The Morgan fingerprint density at radius 3 is 2.50 bits per heavy atom. The van der Waals surface area contributed by atoms with E-state index in [1.54, 1.807) is 12.1 Å². The van der Waals surface area contributed by atoms with Crippen LogP contribution >= 0.6 is 11.3 Å². The fourth-order valence-electron chi connectivity index (χ4n) is 3.31. The highest BCUT2D eigenvalue weighted by Crippen LogP contribution is 2.33. The summed E-state index contributed by atoms with van der Waals surface area (Å²) in [6.07, 6.45) is 6.77. The third-order valence-electron chi connectivity index (χ3n) is 5.16. The van der Waals surface area contributed by atoms with Crippen molar-refractivity contribution in [2.45, 2.75) is 61.4 Å². The van der Waals surface area contributed by atoms with Crippen molar-refractivity contribution in [3.05, 3.63) is 40.9 Å². The van der Waals surface area contributed by atoms with Crippen LogP contribution in [0.4, 0.5) is 5.13 Å². The van der Waals surface area contributed by atoms with Gasteiger partial charge in [-0.05, 0) is 50.7 Å². The number of hydrogen-bond acceptors (Lipinski definition) is 8. The van der Waals surface area contributed by atoms with Gasteiger partial charge in [0, 0.05) is 11.8 Å². The molecule has 0 radical (unpaired) electrons. The molecule has 0 spiro atoms. The molecule has 10 heteroatoms. The summed E-state index contributed by atoms with van der Waals surface area (Å²) in [5.74, 6) is -0.510. The second-order valence-corrected chi connectivity index (χ2v) is 10.8. The molecular weight excluding hydrogens is 426 g/mol. The Labute approximate surface area is 178 Å². The predicted octanol–water partition coefficient (Wildman–Crippen LogP) is 2.87. The number of amides is 1. The van der Waals surface area contributed by atoms with Gasteiger partial charge in [-0.1, -0.05) is 28.6 Å². The van der Waals surface area contributed by atoms with Gasteiger partial charge in [0.1, 0.15) is 6.10 Å². The highest BCUT2D eigenvalue weighted by Gasteiger charge is 2.36. The number of aliphatic hydroxyl groups is 1. The summed E-state index contributed by atoms with van der Waals surface area (Å²) in [5.41, 5.74) is 0.511. The molecule has 30 heavy (non-hydrogen) atoms. The van der Waals surface area contributed by atoms with Crippen molar-refractivity contribution >= 4 is 37.9 Å². The highest BCUT2D eigenvalue weighted by molar-refractivity contribution is 7.92. The van der Waals surface area contributed by atoms with E-state index in [1.165, 1.54) is 18.3 Å². The van der Waals surface area contributed by atoms with Crippen LogP contribution in [0.2, 0.25) is 0 Å². The molecule has 0 bridgehead atoms. The second-order valence-electron chi connectivity index (χ2n) is 7.46. The summed E-state index contributed by atoms with van der Waals surface area (Å²) in [6.45, 7) is -0.157. The first-order valence-corrected chi connectivity index (χ1v) is 12.3. The summed E-state index contributed by atoms with van der Waals surface area (Å²) in [5, 5.41) is 16.0. The molecule has 2 saturated carbocycles. The molecule has 160 valence electrons. The van der Waals surface area contributed by atoms with Crippen LogP contribution in [0, 0.1) is 0 Å². The molecule has 1 amide bonds. The maximum atomic E-state index is 12.9. The number of hydrogen-bond donors (Lipinski definition) is 2. The predicted molar refractivity (Wildman–Crippen MR) is 113 cm³/mol. The zero-order valence-corrected chi connectivity index (χ0v) is 17.9. The average Bonchev–Trinajstić information content (AvgIpc) is 3.31. The van der Waals surface area contributed by atoms with E-state index >= 15 is 0 Å². The number of benzene rings is 1. The largest absolute Gasteiger partial charge is 0.392 e. The van der Waals surface area contributed by atoms with Gasteiger partial charge in [-0.25, -0.2) is 13.4 Å². The molecule has 2 fully saturated rings. The van der Waals surface area contributed by atoms with E-state index in [0.717, 1.165) is 37.0 Å². The summed E-state index contributed by atoms with van der Waals surface area (Å²) < 4.78 is 24.8. The molecule has 0 atom stereocenters. The molecule has 8 nitrogen and oxygen atoms in total. The number of oxime groups is 1. The third kappa shape index (κ3) is 4.71. The maximum absolute atomic E-state index is 12.9. The Balaban J connectivity index is 1.57. The van der Waals surface area contributed by atoms with E-state index < -0.39 is 15.7 Å². The molecule has 2 N–H and O–H groups in total. The first kappa shape index (κ1) is 21.0. The number of aromatic nitrogens is 1. The molecule has 0 unspecified atom stereocenters. The number of sulfone groups is 1.